The Morgan fingerprint density at radius 3 is 2.59 bits per heavy atom. The molecule has 1 aliphatic heterocycles. The van der Waals surface area contributed by atoms with Crippen LogP contribution >= 0.6 is 0 Å². The Morgan fingerprint density at radius 1 is 1.27 bits per heavy atom. The number of ether oxygens (including phenoxy) is 1. The number of hydrogen-bond donors (Lipinski definition) is 1. The number of phenolic OH excluding ortho intramolecular Hbond substituents is 1. The second-order valence-electron chi connectivity index (χ2n) is 8.27. The Morgan fingerprint density at radius 2 is 2.00 bits per heavy atom. The smallest absolute Gasteiger partial charge is 0.116 e. The van der Waals surface area contributed by atoms with Crippen LogP contribution in [0, 0.1) is 5.92 Å². The zero-order valence-electron chi connectivity index (χ0n) is 14.3. The molecule has 1 aromatic carbocycles. The third kappa shape index (κ3) is 2.87. The maximum absolute atomic E-state index is 9.76. The van der Waals surface area contributed by atoms with Gasteiger partial charge in [-0.3, -0.25) is 0 Å². The number of rotatable bonds is 2. The van der Waals surface area contributed by atoms with Crippen molar-refractivity contribution in [3.63, 3.8) is 0 Å². The maximum atomic E-state index is 9.76. The van der Waals surface area contributed by atoms with Crippen molar-refractivity contribution in [2.75, 3.05) is 6.61 Å². The summed E-state index contributed by atoms with van der Waals surface area (Å²) < 4.78 is 8.33. The molecule has 1 saturated heterocycles. The summed E-state index contributed by atoms with van der Waals surface area (Å²) >= 11 is 0. The molecule has 0 saturated carbocycles. The molecule has 1 N–H and O–H groups in total. The molecule has 2 heterocycles. The Balaban J connectivity index is 2.03. The van der Waals surface area contributed by atoms with E-state index < -0.39 is 0 Å². The van der Waals surface area contributed by atoms with Crippen molar-refractivity contribution in [1.82, 2.24) is 4.57 Å². The zero-order chi connectivity index (χ0) is 16.1. The molecule has 22 heavy (non-hydrogen) atoms. The van der Waals surface area contributed by atoms with E-state index >= 15 is 0 Å². The quantitative estimate of drug-likeness (QED) is 0.888. The minimum absolute atomic E-state index is 0.00616. The standard InChI is InChI=1S/C19H27NO2/c1-18(2,3)17-9-14-8-15(21)6-7-16(14)20(17)11-13-10-19(4,5)22-12-13/h6-9,13,21H,10-12H2,1-5H3. The van der Waals surface area contributed by atoms with Crippen LogP contribution < -0.4 is 0 Å². The van der Waals surface area contributed by atoms with Gasteiger partial charge in [-0.1, -0.05) is 20.8 Å². The first-order valence-corrected chi connectivity index (χ1v) is 8.12. The summed E-state index contributed by atoms with van der Waals surface area (Å²) in [7, 11) is 0. The van der Waals surface area contributed by atoms with Crippen molar-refractivity contribution in [1.29, 1.82) is 0 Å². The highest BCUT2D eigenvalue weighted by Crippen LogP contribution is 2.35. The fraction of sp³-hybridized carbons (Fsp3) is 0.579. The average molecular weight is 301 g/mol. The number of benzene rings is 1. The topological polar surface area (TPSA) is 34.4 Å². The van der Waals surface area contributed by atoms with Gasteiger partial charge in [-0.2, -0.15) is 0 Å². The summed E-state index contributed by atoms with van der Waals surface area (Å²) in [4.78, 5) is 0. The van der Waals surface area contributed by atoms with Gasteiger partial charge < -0.3 is 14.4 Å². The Hall–Kier alpha value is -1.48. The Labute approximate surface area is 132 Å². The van der Waals surface area contributed by atoms with Crippen LogP contribution in [0.25, 0.3) is 10.9 Å². The first kappa shape index (κ1) is 15.4. The molecule has 1 aliphatic rings. The molecule has 1 atom stereocenters. The number of nitrogens with zero attached hydrogens (tertiary/aromatic N) is 1. The van der Waals surface area contributed by atoms with Crippen LogP contribution in [0.2, 0.25) is 0 Å². The molecule has 0 amide bonds. The molecule has 0 radical (unpaired) electrons. The molecule has 1 fully saturated rings. The highest BCUT2D eigenvalue weighted by atomic mass is 16.5. The van der Waals surface area contributed by atoms with E-state index in [4.69, 9.17) is 4.74 Å². The third-order valence-corrected chi connectivity index (χ3v) is 4.58. The van der Waals surface area contributed by atoms with E-state index in [1.165, 1.54) is 11.2 Å². The summed E-state index contributed by atoms with van der Waals surface area (Å²) in [6.07, 6.45) is 1.09. The molecule has 2 aromatic rings. The fourth-order valence-corrected chi connectivity index (χ4v) is 3.61. The average Bonchev–Trinajstić information content (AvgIpc) is 2.90. The highest BCUT2D eigenvalue weighted by Gasteiger charge is 2.33. The summed E-state index contributed by atoms with van der Waals surface area (Å²) in [5, 5.41) is 10.9. The van der Waals surface area contributed by atoms with Gasteiger partial charge in [-0.15, -0.1) is 0 Å². The maximum Gasteiger partial charge on any atom is 0.116 e. The number of hydrogen-bond acceptors (Lipinski definition) is 2. The van der Waals surface area contributed by atoms with Crippen molar-refractivity contribution < 1.29 is 9.84 Å². The van der Waals surface area contributed by atoms with Gasteiger partial charge >= 0.3 is 0 Å². The molecule has 1 aromatic heterocycles. The van der Waals surface area contributed by atoms with Crippen LogP contribution in [0.5, 0.6) is 5.75 Å². The first-order chi connectivity index (χ1) is 10.2. The fourth-order valence-electron chi connectivity index (χ4n) is 3.61. The Kier molecular flexibility index (Phi) is 3.52. The lowest BCUT2D eigenvalue weighted by Crippen LogP contribution is -2.21. The SMILES string of the molecule is CC1(C)CC(Cn2c(C(C)(C)C)cc3cc(O)ccc32)CO1. The van der Waals surface area contributed by atoms with Crippen LogP contribution in [0.3, 0.4) is 0 Å². The van der Waals surface area contributed by atoms with Crippen molar-refractivity contribution in [3.8, 4) is 5.75 Å². The van der Waals surface area contributed by atoms with Crippen LogP contribution in [0.1, 0.15) is 46.7 Å². The molecule has 120 valence electrons. The van der Waals surface area contributed by atoms with Crippen LogP contribution in [0.15, 0.2) is 24.3 Å². The molecule has 0 bridgehead atoms. The van der Waals surface area contributed by atoms with Gasteiger partial charge in [0.25, 0.3) is 0 Å². The van der Waals surface area contributed by atoms with Crippen molar-refractivity contribution in [2.24, 2.45) is 5.92 Å². The molecule has 0 aliphatic carbocycles. The third-order valence-electron chi connectivity index (χ3n) is 4.58. The van der Waals surface area contributed by atoms with E-state index in [9.17, 15) is 5.11 Å². The molecule has 3 heteroatoms. The van der Waals surface area contributed by atoms with Crippen molar-refractivity contribution in [2.45, 2.75) is 58.6 Å². The summed E-state index contributed by atoms with van der Waals surface area (Å²) in [6, 6.07) is 7.88. The van der Waals surface area contributed by atoms with Gasteiger partial charge in [0, 0.05) is 34.5 Å². The van der Waals surface area contributed by atoms with E-state index in [-0.39, 0.29) is 11.0 Å². The lowest BCUT2D eigenvalue weighted by Gasteiger charge is -2.24. The molecule has 3 rings (SSSR count). The second kappa shape index (κ2) is 5.02. The van der Waals surface area contributed by atoms with E-state index in [1.807, 2.05) is 12.1 Å². The van der Waals surface area contributed by atoms with Gasteiger partial charge in [0.15, 0.2) is 0 Å². The predicted octanol–water partition coefficient (Wildman–Crippen LogP) is 4.46. The summed E-state index contributed by atoms with van der Waals surface area (Å²) in [5.74, 6) is 0.871. The summed E-state index contributed by atoms with van der Waals surface area (Å²) in [5.41, 5.74) is 2.59. The van der Waals surface area contributed by atoms with E-state index in [0.717, 1.165) is 25.0 Å². The van der Waals surface area contributed by atoms with E-state index in [0.29, 0.717) is 11.7 Å². The lowest BCUT2D eigenvalue weighted by molar-refractivity contribution is 0.0347. The van der Waals surface area contributed by atoms with Gasteiger partial charge in [0.2, 0.25) is 0 Å². The largest absolute Gasteiger partial charge is 0.508 e. The molecular formula is C19H27NO2. The monoisotopic (exact) mass is 301 g/mol. The summed E-state index contributed by atoms with van der Waals surface area (Å²) in [6.45, 7) is 12.9. The molecule has 1 unspecified atom stereocenters. The van der Waals surface area contributed by atoms with Crippen LogP contribution in [-0.4, -0.2) is 21.9 Å². The van der Waals surface area contributed by atoms with Crippen molar-refractivity contribution >= 4 is 10.9 Å². The van der Waals surface area contributed by atoms with E-state index in [1.54, 1.807) is 6.07 Å². The minimum Gasteiger partial charge on any atom is -0.508 e. The van der Waals surface area contributed by atoms with Gasteiger partial charge in [-0.25, -0.2) is 0 Å². The Bertz CT molecular complexity index is 691. The van der Waals surface area contributed by atoms with E-state index in [2.05, 4.69) is 45.3 Å². The second-order valence-corrected chi connectivity index (χ2v) is 8.27. The molecule has 3 nitrogen and oxygen atoms in total. The number of aromatic nitrogens is 1. The lowest BCUT2D eigenvalue weighted by atomic mass is 9.91. The first-order valence-electron chi connectivity index (χ1n) is 8.12. The zero-order valence-corrected chi connectivity index (χ0v) is 14.3. The molecular weight excluding hydrogens is 274 g/mol. The highest BCUT2D eigenvalue weighted by molar-refractivity contribution is 5.83. The predicted molar refractivity (Wildman–Crippen MR) is 90.4 cm³/mol. The normalized spacial score (nSPS) is 21.6. The van der Waals surface area contributed by atoms with Crippen molar-refractivity contribution in [3.05, 3.63) is 30.0 Å². The van der Waals surface area contributed by atoms with Gasteiger partial charge in [-0.05, 0) is 44.5 Å². The number of aromatic hydroxyl groups is 1. The minimum atomic E-state index is -0.00616. The molecule has 0 spiro atoms. The van der Waals surface area contributed by atoms with Gasteiger partial charge in [0.1, 0.15) is 5.75 Å². The number of phenols is 1. The number of fused-ring (bicyclic) bond motifs is 1. The van der Waals surface area contributed by atoms with Crippen LogP contribution in [0.4, 0.5) is 0 Å². The van der Waals surface area contributed by atoms with Crippen LogP contribution in [-0.2, 0) is 16.7 Å². The van der Waals surface area contributed by atoms with Gasteiger partial charge in [0.05, 0.1) is 12.2 Å².